The van der Waals surface area contributed by atoms with Gasteiger partial charge in [0.1, 0.15) is 18.2 Å². The highest BCUT2D eigenvalue weighted by atomic mass is 32.2. The van der Waals surface area contributed by atoms with E-state index < -0.39 is 5.82 Å². The van der Waals surface area contributed by atoms with Crippen LogP contribution in [0.5, 0.6) is 11.5 Å². The fraction of sp³-hybridized carbons (Fsp3) is 0.281. The molecule has 0 bridgehead atoms. The Morgan fingerprint density at radius 1 is 1.02 bits per heavy atom. The lowest BCUT2D eigenvalue weighted by Crippen LogP contribution is -2.42. The Hall–Kier alpha value is -4.35. The molecule has 1 aliphatic rings. The van der Waals surface area contributed by atoms with Gasteiger partial charge in [-0.2, -0.15) is 5.10 Å². The first kappa shape index (κ1) is 30.1. The normalized spacial score (nSPS) is 14.7. The molecular weight excluding hydrogens is 571 g/mol. The first-order chi connectivity index (χ1) is 20.9. The second-order valence-corrected chi connectivity index (χ2v) is 10.9. The van der Waals surface area contributed by atoms with Crippen LogP contribution in [-0.4, -0.2) is 68.4 Å². The summed E-state index contributed by atoms with van der Waals surface area (Å²) in [6, 6.07) is 21.2. The average molecular weight is 605 g/mol. The zero-order chi connectivity index (χ0) is 30.3. The summed E-state index contributed by atoms with van der Waals surface area (Å²) in [4.78, 5) is 28.5. The van der Waals surface area contributed by atoms with Gasteiger partial charge in [-0.25, -0.2) is 9.07 Å². The number of benzene rings is 3. The minimum absolute atomic E-state index is 0.113. The molecule has 0 radical (unpaired) electrons. The number of hydrogen-bond acceptors (Lipinski definition) is 7. The van der Waals surface area contributed by atoms with Gasteiger partial charge in [0.25, 0.3) is 0 Å². The number of amides is 2. The highest BCUT2D eigenvalue weighted by Gasteiger charge is 2.38. The Balaban J connectivity index is 1.72. The van der Waals surface area contributed by atoms with Gasteiger partial charge in [0.05, 0.1) is 36.6 Å². The Morgan fingerprint density at radius 2 is 1.77 bits per heavy atom. The number of fused-ring (bicyclic) bond motifs is 1. The smallest absolute Gasteiger partial charge is 0.240 e. The second-order valence-electron chi connectivity index (χ2n) is 9.82. The zero-order valence-corrected chi connectivity index (χ0v) is 25.0. The maximum absolute atomic E-state index is 14.0. The Kier molecular flexibility index (Phi) is 9.63. The van der Waals surface area contributed by atoms with Crippen LogP contribution in [-0.2, 0) is 14.3 Å². The maximum Gasteiger partial charge on any atom is 0.240 e. The van der Waals surface area contributed by atoms with Crippen LogP contribution in [0.1, 0.15) is 22.8 Å². The van der Waals surface area contributed by atoms with Crippen molar-refractivity contribution in [1.29, 1.82) is 0 Å². The third-order valence-electron chi connectivity index (χ3n) is 7.07. The van der Waals surface area contributed by atoms with E-state index in [0.29, 0.717) is 48.3 Å². The van der Waals surface area contributed by atoms with Gasteiger partial charge in [-0.05, 0) is 48.4 Å². The molecule has 43 heavy (non-hydrogen) atoms. The molecule has 1 atom stereocenters. The largest absolute Gasteiger partial charge is 0.493 e. The van der Waals surface area contributed by atoms with Crippen molar-refractivity contribution in [1.82, 2.24) is 15.1 Å². The number of carbonyl (C=O) groups excluding carboxylic acids is 2. The molecule has 0 unspecified atom stereocenters. The minimum atomic E-state index is -0.396. The van der Waals surface area contributed by atoms with Gasteiger partial charge < -0.3 is 19.5 Å². The molecule has 0 aliphatic carbocycles. The van der Waals surface area contributed by atoms with Crippen LogP contribution in [0.2, 0.25) is 0 Å². The monoisotopic (exact) mass is 604 g/mol. The van der Waals surface area contributed by atoms with E-state index in [1.165, 1.54) is 28.8 Å². The van der Waals surface area contributed by atoms with Crippen LogP contribution in [0, 0.1) is 5.82 Å². The molecule has 1 aromatic heterocycles. The van der Waals surface area contributed by atoms with E-state index in [-0.39, 0.29) is 29.4 Å². The number of ether oxygens (including phenoxy) is 3. The molecule has 0 spiro atoms. The molecule has 2 heterocycles. The van der Waals surface area contributed by atoms with E-state index in [0.717, 1.165) is 16.7 Å². The van der Waals surface area contributed by atoms with Crippen molar-refractivity contribution in [3.63, 3.8) is 0 Å². The van der Waals surface area contributed by atoms with Crippen molar-refractivity contribution >= 4 is 29.4 Å². The summed E-state index contributed by atoms with van der Waals surface area (Å²) >= 11 is 1.45. The number of nitrogens with zero attached hydrogens (tertiary/aromatic N) is 3. The topological polar surface area (TPSA) is 94.9 Å². The van der Waals surface area contributed by atoms with Gasteiger partial charge >= 0.3 is 0 Å². The van der Waals surface area contributed by atoms with Gasteiger partial charge in [0.15, 0.2) is 11.5 Å². The van der Waals surface area contributed by atoms with Gasteiger partial charge in [-0.15, -0.1) is 11.8 Å². The molecule has 2 amide bonds. The van der Waals surface area contributed by atoms with Crippen LogP contribution >= 0.6 is 11.8 Å². The Labute approximate surface area is 253 Å². The molecule has 0 saturated heterocycles. The summed E-state index contributed by atoms with van der Waals surface area (Å²) in [6.45, 7) is 0.713. The van der Waals surface area contributed by atoms with Crippen molar-refractivity contribution in [3.05, 3.63) is 89.7 Å². The first-order valence-electron chi connectivity index (χ1n) is 13.8. The van der Waals surface area contributed by atoms with E-state index in [1.54, 1.807) is 38.1 Å². The van der Waals surface area contributed by atoms with Crippen LogP contribution in [0.15, 0.2) is 72.8 Å². The number of thioether (sulfide) groups is 1. The van der Waals surface area contributed by atoms with Crippen molar-refractivity contribution in [2.45, 2.75) is 11.7 Å². The molecule has 3 aromatic carbocycles. The molecule has 5 rings (SSSR count). The van der Waals surface area contributed by atoms with Gasteiger partial charge in [-0.3, -0.25) is 14.5 Å². The van der Waals surface area contributed by atoms with Crippen LogP contribution in [0.4, 0.5) is 10.2 Å². The fourth-order valence-electron chi connectivity index (χ4n) is 5.01. The number of anilines is 1. The number of methoxy groups -OCH3 is 3. The van der Waals surface area contributed by atoms with Crippen molar-refractivity contribution < 1.29 is 28.2 Å². The SMILES string of the molecule is COCCCNC(=O)CN1C(=O)CS[C@@H](c2ccc(OC)c(OC)c2)c2c(-c3ccccc3)nn(-c3ccc(F)cc3)c21. The van der Waals surface area contributed by atoms with E-state index in [2.05, 4.69) is 5.32 Å². The Bertz CT molecular complexity index is 1580. The van der Waals surface area contributed by atoms with E-state index >= 15 is 0 Å². The molecular formula is C32H33FN4O5S. The third kappa shape index (κ3) is 6.52. The quantitative estimate of drug-likeness (QED) is 0.240. The van der Waals surface area contributed by atoms with Gasteiger partial charge in [0, 0.05) is 31.4 Å². The minimum Gasteiger partial charge on any atom is -0.493 e. The molecule has 0 fully saturated rings. The fourth-order valence-corrected chi connectivity index (χ4v) is 6.20. The molecule has 224 valence electrons. The van der Waals surface area contributed by atoms with Gasteiger partial charge in [0.2, 0.25) is 11.8 Å². The summed E-state index contributed by atoms with van der Waals surface area (Å²) in [5, 5.41) is 7.54. The predicted octanol–water partition coefficient (Wildman–Crippen LogP) is 5.02. The predicted molar refractivity (Wildman–Crippen MR) is 165 cm³/mol. The summed E-state index contributed by atoms with van der Waals surface area (Å²) in [7, 11) is 4.76. The number of nitrogens with one attached hydrogen (secondary N) is 1. The molecule has 9 nitrogen and oxygen atoms in total. The zero-order valence-electron chi connectivity index (χ0n) is 24.2. The first-order valence-corrected chi connectivity index (χ1v) is 14.8. The summed E-state index contributed by atoms with van der Waals surface area (Å²) < 4.78 is 31.8. The summed E-state index contributed by atoms with van der Waals surface area (Å²) in [5.74, 6) is 0.750. The second kappa shape index (κ2) is 13.7. The number of rotatable bonds is 11. The molecule has 4 aromatic rings. The van der Waals surface area contributed by atoms with Gasteiger partial charge in [-0.1, -0.05) is 36.4 Å². The average Bonchev–Trinajstić information content (AvgIpc) is 3.36. The van der Waals surface area contributed by atoms with Crippen LogP contribution in [0.3, 0.4) is 0 Å². The highest BCUT2D eigenvalue weighted by molar-refractivity contribution is 8.00. The highest BCUT2D eigenvalue weighted by Crippen LogP contribution is 2.49. The number of aromatic nitrogens is 2. The lowest BCUT2D eigenvalue weighted by atomic mass is 9.99. The molecule has 1 aliphatic heterocycles. The van der Waals surface area contributed by atoms with E-state index in [1.807, 2.05) is 48.5 Å². The standard InChI is InChI=1S/C32H33FN4O5S/c1-40-17-7-16-34-27(38)19-36-28(39)20-43-31(22-10-15-25(41-2)26(18-22)42-3)29-30(21-8-5-4-6-9-21)35-37(32(29)36)24-13-11-23(33)12-14-24/h4-6,8-15,18,31H,7,16-17,19-20H2,1-3H3,(H,34,38)/t31-/m0/s1. The lowest BCUT2D eigenvalue weighted by molar-refractivity contribution is -0.122. The number of hydrogen-bond donors (Lipinski definition) is 1. The lowest BCUT2D eigenvalue weighted by Gasteiger charge is -2.23. The molecule has 11 heteroatoms. The molecule has 0 saturated carbocycles. The summed E-state index contributed by atoms with van der Waals surface area (Å²) in [5.41, 5.74) is 3.66. The van der Waals surface area contributed by atoms with Crippen LogP contribution in [0.25, 0.3) is 16.9 Å². The Morgan fingerprint density at radius 3 is 2.47 bits per heavy atom. The molecule has 1 N–H and O–H groups in total. The number of carbonyl (C=O) groups is 2. The summed E-state index contributed by atoms with van der Waals surface area (Å²) in [6.07, 6.45) is 0.643. The maximum atomic E-state index is 14.0. The van der Waals surface area contributed by atoms with E-state index in [9.17, 15) is 14.0 Å². The third-order valence-corrected chi connectivity index (χ3v) is 8.32. The van der Waals surface area contributed by atoms with Crippen molar-refractivity contribution in [2.75, 3.05) is 51.7 Å². The van der Waals surface area contributed by atoms with E-state index in [4.69, 9.17) is 19.3 Å². The number of halogens is 1. The van der Waals surface area contributed by atoms with Crippen molar-refractivity contribution in [2.24, 2.45) is 0 Å². The van der Waals surface area contributed by atoms with Crippen LogP contribution < -0.4 is 19.7 Å². The van der Waals surface area contributed by atoms with Crippen molar-refractivity contribution in [3.8, 4) is 28.4 Å².